The first kappa shape index (κ1) is 17.6. The third-order valence-electron chi connectivity index (χ3n) is 5.86. The molecule has 4 aromatic rings. The number of amides is 1. The number of nitriles is 1. The molecule has 1 unspecified atom stereocenters. The molecule has 1 atom stereocenters. The Morgan fingerprint density at radius 3 is 2.76 bits per heavy atom. The van der Waals surface area contributed by atoms with Crippen molar-refractivity contribution in [3.05, 3.63) is 40.8 Å². The van der Waals surface area contributed by atoms with E-state index in [1.165, 1.54) is 17.0 Å². The third kappa shape index (κ3) is 2.30. The van der Waals surface area contributed by atoms with Crippen molar-refractivity contribution in [3.63, 3.8) is 0 Å². The van der Waals surface area contributed by atoms with E-state index in [-0.39, 0.29) is 33.9 Å². The molecule has 1 amide bonds. The maximum Gasteiger partial charge on any atom is 0.246 e. The van der Waals surface area contributed by atoms with Gasteiger partial charge in [-0.15, -0.1) is 0 Å². The maximum absolute atomic E-state index is 15.7. The third-order valence-corrected chi connectivity index (χ3v) is 5.86. The van der Waals surface area contributed by atoms with Crippen molar-refractivity contribution in [3.8, 4) is 6.07 Å². The van der Waals surface area contributed by atoms with E-state index in [0.29, 0.717) is 34.9 Å². The normalized spacial score (nSPS) is 16.0. The first-order valence-corrected chi connectivity index (χ1v) is 9.52. The lowest BCUT2D eigenvalue weighted by molar-refractivity contribution is -0.141. The molecule has 8 heteroatoms. The molecular weight excluding hydrogens is 373 g/mol. The van der Waals surface area contributed by atoms with Crippen LogP contribution in [0.5, 0.6) is 0 Å². The second-order valence-corrected chi connectivity index (χ2v) is 7.99. The van der Waals surface area contributed by atoms with Gasteiger partial charge < -0.3 is 14.5 Å². The molecule has 4 heterocycles. The zero-order valence-corrected chi connectivity index (χ0v) is 15.9. The number of carbonyl (C=O) groups is 1. The highest BCUT2D eigenvalue weighted by Gasteiger charge is 2.38. The van der Waals surface area contributed by atoms with Gasteiger partial charge in [-0.2, -0.15) is 9.65 Å². The number of nitrogens with zero attached hydrogens (tertiary/aromatic N) is 4. The molecule has 0 saturated carbocycles. The number of hydrogen-bond acceptors (Lipinski definition) is 4. The summed E-state index contributed by atoms with van der Waals surface area (Å²) in [6.07, 6.45) is 4.62. The number of nitrogens with one attached hydrogen (secondary N) is 1. The average molecular weight is 391 g/mol. The highest BCUT2D eigenvalue weighted by molar-refractivity contribution is 6.20. The van der Waals surface area contributed by atoms with Gasteiger partial charge in [-0.25, -0.2) is 4.98 Å². The summed E-state index contributed by atoms with van der Waals surface area (Å²) in [6.45, 7) is 4.41. The summed E-state index contributed by atoms with van der Waals surface area (Å²) in [4.78, 5) is 34.8. The summed E-state index contributed by atoms with van der Waals surface area (Å²) in [5, 5.41) is 11.1. The van der Waals surface area contributed by atoms with Gasteiger partial charge in [-0.1, -0.05) is 13.8 Å². The molecule has 0 radical (unpaired) electrons. The van der Waals surface area contributed by atoms with Crippen LogP contribution < -0.4 is 5.43 Å². The standard InChI is InChI=1S/C21H18FN5O2/c1-10(2)17(21(29)26-7-11(5-23)8-26)27-9-14-15(19(27)22)12-3-4-24-20-16(12)13(6-25-20)18(14)28/h3-4,6,9-11,17H,7-8H2,1-2H3,(H,24,25). The lowest BCUT2D eigenvalue weighted by Crippen LogP contribution is -2.52. The molecule has 29 heavy (non-hydrogen) atoms. The Bertz CT molecular complexity index is 1370. The summed E-state index contributed by atoms with van der Waals surface area (Å²) in [5.74, 6) is -1.20. The van der Waals surface area contributed by atoms with Gasteiger partial charge >= 0.3 is 0 Å². The smallest absolute Gasteiger partial charge is 0.246 e. The number of hydrogen-bond donors (Lipinski definition) is 1. The van der Waals surface area contributed by atoms with Gasteiger partial charge in [0.2, 0.25) is 11.9 Å². The van der Waals surface area contributed by atoms with Crippen molar-refractivity contribution >= 4 is 38.5 Å². The first-order chi connectivity index (χ1) is 13.9. The van der Waals surface area contributed by atoms with Crippen molar-refractivity contribution in [1.29, 1.82) is 5.26 Å². The highest BCUT2D eigenvalue weighted by Crippen LogP contribution is 2.35. The largest absolute Gasteiger partial charge is 0.346 e. The Kier molecular flexibility index (Phi) is 3.65. The Hall–Kier alpha value is -3.47. The molecule has 0 aliphatic carbocycles. The summed E-state index contributed by atoms with van der Waals surface area (Å²) in [6, 6.07) is 3.08. The molecule has 3 aromatic heterocycles. The van der Waals surface area contributed by atoms with Crippen LogP contribution in [0.4, 0.5) is 4.39 Å². The second kappa shape index (κ2) is 6.01. The minimum Gasteiger partial charge on any atom is -0.346 e. The molecule has 1 aliphatic heterocycles. The molecule has 1 fully saturated rings. The van der Waals surface area contributed by atoms with E-state index in [2.05, 4.69) is 16.0 Å². The van der Waals surface area contributed by atoms with Crippen molar-refractivity contribution in [2.45, 2.75) is 19.9 Å². The van der Waals surface area contributed by atoms with E-state index in [0.717, 1.165) is 0 Å². The Labute approximate surface area is 164 Å². The molecular formula is C21H18FN5O2. The molecule has 1 N–H and O–H groups in total. The van der Waals surface area contributed by atoms with Crippen LogP contribution in [0.15, 0.2) is 29.5 Å². The molecule has 5 rings (SSSR count). The number of aromatic amines is 1. The van der Waals surface area contributed by atoms with Gasteiger partial charge in [-0.05, 0) is 12.0 Å². The van der Waals surface area contributed by atoms with Crippen molar-refractivity contribution < 1.29 is 9.18 Å². The van der Waals surface area contributed by atoms with Crippen LogP contribution in [0.25, 0.3) is 32.6 Å². The van der Waals surface area contributed by atoms with E-state index >= 15 is 4.39 Å². The molecule has 1 aliphatic rings. The van der Waals surface area contributed by atoms with Crippen molar-refractivity contribution in [2.75, 3.05) is 13.1 Å². The van der Waals surface area contributed by atoms with Gasteiger partial charge in [-0.3, -0.25) is 9.59 Å². The number of halogens is 1. The summed E-state index contributed by atoms with van der Waals surface area (Å²) < 4.78 is 17.0. The van der Waals surface area contributed by atoms with E-state index in [4.69, 9.17) is 5.26 Å². The number of fused-ring (bicyclic) bond motifs is 2. The van der Waals surface area contributed by atoms with E-state index < -0.39 is 12.0 Å². The predicted octanol–water partition coefficient (Wildman–Crippen LogP) is 2.79. The van der Waals surface area contributed by atoms with Crippen LogP contribution in [0.3, 0.4) is 0 Å². The lowest BCUT2D eigenvalue weighted by atomic mass is 9.96. The number of pyridine rings is 1. The quantitative estimate of drug-likeness (QED) is 0.581. The highest BCUT2D eigenvalue weighted by atomic mass is 19.1. The SMILES string of the molecule is CC(C)C(C(=O)N1CC(C#N)C1)n1cc2c(=O)c3cnc4[nH]ccc(c2c1F)c43. The number of rotatable bonds is 3. The van der Waals surface area contributed by atoms with Crippen LogP contribution >= 0.6 is 0 Å². The van der Waals surface area contributed by atoms with Gasteiger partial charge in [0.1, 0.15) is 11.7 Å². The summed E-state index contributed by atoms with van der Waals surface area (Å²) in [7, 11) is 0. The van der Waals surface area contributed by atoms with Gasteiger partial charge in [0.05, 0.1) is 22.8 Å². The lowest BCUT2D eigenvalue weighted by Gasteiger charge is -2.38. The molecule has 146 valence electrons. The minimum absolute atomic E-state index is 0.174. The predicted molar refractivity (Wildman–Crippen MR) is 106 cm³/mol. The Morgan fingerprint density at radius 1 is 1.31 bits per heavy atom. The van der Waals surface area contributed by atoms with Crippen LogP contribution in [0, 0.1) is 29.1 Å². The van der Waals surface area contributed by atoms with Crippen LogP contribution in [-0.2, 0) is 4.79 Å². The van der Waals surface area contributed by atoms with E-state index in [1.807, 2.05) is 13.8 Å². The molecule has 7 nitrogen and oxygen atoms in total. The van der Waals surface area contributed by atoms with E-state index in [1.54, 1.807) is 17.2 Å². The first-order valence-electron chi connectivity index (χ1n) is 9.52. The molecule has 0 bridgehead atoms. The Morgan fingerprint density at radius 2 is 2.07 bits per heavy atom. The fraction of sp³-hybridized carbons (Fsp3) is 0.333. The number of benzene rings is 1. The topological polar surface area (TPSA) is 94.8 Å². The van der Waals surface area contributed by atoms with Crippen LogP contribution in [-0.4, -0.2) is 38.4 Å². The maximum atomic E-state index is 15.7. The van der Waals surface area contributed by atoms with Gasteiger partial charge in [0.25, 0.3) is 0 Å². The monoisotopic (exact) mass is 391 g/mol. The summed E-state index contributed by atoms with van der Waals surface area (Å²) in [5.41, 5.74) is 0.235. The number of H-pyrrole nitrogens is 1. The zero-order valence-electron chi connectivity index (χ0n) is 15.9. The zero-order chi connectivity index (χ0) is 20.4. The summed E-state index contributed by atoms with van der Waals surface area (Å²) >= 11 is 0. The molecule has 1 saturated heterocycles. The second-order valence-electron chi connectivity index (χ2n) is 7.99. The van der Waals surface area contributed by atoms with Crippen LogP contribution in [0.1, 0.15) is 19.9 Å². The van der Waals surface area contributed by atoms with Gasteiger partial charge in [0, 0.05) is 47.8 Å². The number of likely N-dealkylation sites (tertiary alicyclic amines) is 1. The minimum atomic E-state index is -0.786. The van der Waals surface area contributed by atoms with Crippen molar-refractivity contribution in [1.82, 2.24) is 19.4 Å². The molecule has 1 aromatic carbocycles. The number of carbonyl (C=O) groups excluding carboxylic acids is 1. The van der Waals surface area contributed by atoms with E-state index in [9.17, 15) is 9.59 Å². The number of aromatic nitrogens is 3. The van der Waals surface area contributed by atoms with Gasteiger partial charge in [0.15, 0.2) is 5.43 Å². The average Bonchev–Trinajstić information content (AvgIpc) is 3.22. The Balaban J connectivity index is 1.73. The van der Waals surface area contributed by atoms with Crippen LogP contribution in [0.2, 0.25) is 0 Å². The van der Waals surface area contributed by atoms with Crippen molar-refractivity contribution in [2.24, 2.45) is 11.8 Å². The fourth-order valence-corrected chi connectivity index (χ4v) is 4.36. The molecule has 0 spiro atoms. The fourth-order valence-electron chi connectivity index (χ4n) is 4.36.